The van der Waals surface area contributed by atoms with Crippen LogP contribution in [-0.2, 0) is 4.74 Å². The van der Waals surface area contributed by atoms with Crippen LogP contribution in [0.25, 0.3) is 0 Å². The maximum atomic E-state index is 5.74. The summed E-state index contributed by atoms with van der Waals surface area (Å²) < 4.78 is 10.9. The zero-order chi connectivity index (χ0) is 15.1. The summed E-state index contributed by atoms with van der Waals surface area (Å²) in [6.07, 6.45) is 0. The Morgan fingerprint density at radius 2 is 1.90 bits per heavy atom. The van der Waals surface area contributed by atoms with Crippen molar-refractivity contribution in [2.45, 2.75) is 13.8 Å². The van der Waals surface area contributed by atoms with Crippen LogP contribution in [0.4, 0.5) is 11.9 Å². The third kappa shape index (κ3) is 4.68. The fourth-order valence-corrected chi connectivity index (χ4v) is 2.14. The Bertz CT molecular complexity index is 435. The number of hydrogen-bond acceptors (Lipinski definition) is 8. The third-order valence-electron chi connectivity index (χ3n) is 3.45. The molecule has 1 aliphatic rings. The average Bonchev–Trinajstić information content (AvgIpc) is 2.52. The van der Waals surface area contributed by atoms with Crippen LogP contribution in [0.1, 0.15) is 13.8 Å². The standard InChI is InChI=1S/C13H24N6O2/c1-3-18(4-2)5-10-21-13-16-11(14)15-12(17-13)19-6-8-20-9-7-19/h3-10H2,1-2H3,(H2,14,15,16,17). The number of nitrogens with zero attached hydrogens (tertiary/aromatic N) is 5. The lowest BCUT2D eigenvalue weighted by molar-refractivity contribution is 0.122. The van der Waals surface area contributed by atoms with Gasteiger partial charge in [-0.3, -0.25) is 0 Å². The molecule has 0 aliphatic carbocycles. The first kappa shape index (κ1) is 15.7. The number of ether oxygens (including phenoxy) is 2. The van der Waals surface area contributed by atoms with Crippen molar-refractivity contribution < 1.29 is 9.47 Å². The van der Waals surface area contributed by atoms with Crippen LogP contribution in [0, 0.1) is 0 Å². The molecular weight excluding hydrogens is 272 g/mol. The van der Waals surface area contributed by atoms with Crippen LogP contribution in [0.3, 0.4) is 0 Å². The molecule has 0 unspecified atom stereocenters. The zero-order valence-electron chi connectivity index (χ0n) is 12.8. The first-order chi connectivity index (χ1) is 10.2. The lowest BCUT2D eigenvalue weighted by Crippen LogP contribution is -2.37. The van der Waals surface area contributed by atoms with E-state index in [0.717, 1.165) is 32.7 Å². The summed E-state index contributed by atoms with van der Waals surface area (Å²) in [4.78, 5) is 16.8. The lowest BCUT2D eigenvalue weighted by atomic mass is 10.4. The van der Waals surface area contributed by atoms with Gasteiger partial charge in [0.25, 0.3) is 0 Å². The second-order valence-corrected chi connectivity index (χ2v) is 4.75. The highest BCUT2D eigenvalue weighted by molar-refractivity contribution is 5.36. The molecule has 8 heteroatoms. The van der Waals surface area contributed by atoms with E-state index in [1.54, 1.807) is 0 Å². The second-order valence-electron chi connectivity index (χ2n) is 4.75. The summed E-state index contributed by atoms with van der Waals surface area (Å²) in [6.45, 7) is 10.5. The maximum Gasteiger partial charge on any atom is 0.323 e. The molecule has 2 N–H and O–H groups in total. The summed E-state index contributed by atoms with van der Waals surface area (Å²) >= 11 is 0. The van der Waals surface area contributed by atoms with Gasteiger partial charge in [-0.25, -0.2) is 0 Å². The molecule has 1 fully saturated rings. The third-order valence-corrected chi connectivity index (χ3v) is 3.45. The van der Waals surface area contributed by atoms with E-state index < -0.39 is 0 Å². The minimum Gasteiger partial charge on any atom is -0.462 e. The van der Waals surface area contributed by atoms with Crippen molar-refractivity contribution in [3.8, 4) is 6.01 Å². The molecule has 0 atom stereocenters. The van der Waals surface area contributed by atoms with Crippen LogP contribution in [-0.4, -0.2) is 72.4 Å². The molecule has 0 radical (unpaired) electrons. The summed E-state index contributed by atoms with van der Waals surface area (Å²) in [5, 5.41) is 0. The van der Waals surface area contributed by atoms with Gasteiger partial charge in [0.05, 0.1) is 13.2 Å². The van der Waals surface area contributed by atoms with Crippen LogP contribution in [0.15, 0.2) is 0 Å². The van der Waals surface area contributed by atoms with Crippen LogP contribution < -0.4 is 15.4 Å². The van der Waals surface area contributed by atoms with Crippen molar-refractivity contribution in [1.29, 1.82) is 0 Å². The number of morpholine rings is 1. The zero-order valence-corrected chi connectivity index (χ0v) is 12.8. The van der Waals surface area contributed by atoms with Crippen LogP contribution >= 0.6 is 0 Å². The van der Waals surface area contributed by atoms with E-state index in [4.69, 9.17) is 15.2 Å². The Morgan fingerprint density at radius 1 is 1.19 bits per heavy atom. The molecule has 2 heterocycles. The Morgan fingerprint density at radius 3 is 2.57 bits per heavy atom. The van der Waals surface area contributed by atoms with Crippen molar-refractivity contribution in [3.63, 3.8) is 0 Å². The van der Waals surface area contributed by atoms with E-state index in [0.29, 0.717) is 25.8 Å². The van der Waals surface area contributed by atoms with Gasteiger partial charge >= 0.3 is 6.01 Å². The van der Waals surface area contributed by atoms with Gasteiger partial charge in [-0.05, 0) is 13.1 Å². The molecule has 0 spiro atoms. The van der Waals surface area contributed by atoms with Crippen molar-refractivity contribution in [2.75, 3.05) is 63.2 Å². The number of aromatic nitrogens is 3. The molecule has 0 bridgehead atoms. The summed E-state index contributed by atoms with van der Waals surface area (Å²) in [5.74, 6) is 0.743. The quantitative estimate of drug-likeness (QED) is 0.752. The van der Waals surface area contributed by atoms with Crippen molar-refractivity contribution in [1.82, 2.24) is 19.9 Å². The first-order valence-corrected chi connectivity index (χ1v) is 7.42. The van der Waals surface area contributed by atoms with Crippen molar-refractivity contribution in [2.24, 2.45) is 0 Å². The normalized spacial score (nSPS) is 15.5. The van der Waals surface area contributed by atoms with Gasteiger partial charge in [0.15, 0.2) is 0 Å². The predicted molar refractivity (Wildman–Crippen MR) is 80.6 cm³/mol. The van der Waals surface area contributed by atoms with Gasteiger partial charge < -0.3 is 25.0 Å². The highest BCUT2D eigenvalue weighted by Crippen LogP contribution is 2.14. The summed E-state index contributed by atoms with van der Waals surface area (Å²) in [5.41, 5.74) is 5.74. The Balaban J connectivity index is 1.94. The van der Waals surface area contributed by atoms with Gasteiger partial charge in [0.1, 0.15) is 6.61 Å². The summed E-state index contributed by atoms with van der Waals surface area (Å²) in [6, 6.07) is 0.288. The molecule has 1 aromatic rings. The van der Waals surface area contributed by atoms with Crippen LogP contribution in [0.5, 0.6) is 6.01 Å². The van der Waals surface area contributed by atoms with Crippen molar-refractivity contribution in [3.05, 3.63) is 0 Å². The van der Waals surface area contributed by atoms with Crippen molar-refractivity contribution >= 4 is 11.9 Å². The van der Waals surface area contributed by atoms with Gasteiger partial charge in [0, 0.05) is 19.6 Å². The van der Waals surface area contributed by atoms with Gasteiger partial charge in [-0.1, -0.05) is 13.8 Å². The first-order valence-electron chi connectivity index (χ1n) is 7.42. The molecule has 118 valence electrons. The predicted octanol–water partition coefficient (Wildman–Crippen LogP) is 0.0110. The number of anilines is 2. The number of likely N-dealkylation sites (N-methyl/N-ethyl adjacent to an activating group) is 1. The monoisotopic (exact) mass is 296 g/mol. The highest BCUT2D eigenvalue weighted by atomic mass is 16.5. The molecule has 8 nitrogen and oxygen atoms in total. The maximum absolute atomic E-state index is 5.74. The number of hydrogen-bond donors (Lipinski definition) is 1. The van der Waals surface area contributed by atoms with Gasteiger partial charge in [-0.15, -0.1) is 0 Å². The minimum atomic E-state index is 0.185. The van der Waals surface area contributed by atoms with Crippen LogP contribution in [0.2, 0.25) is 0 Å². The van der Waals surface area contributed by atoms with E-state index in [1.807, 2.05) is 4.90 Å². The highest BCUT2D eigenvalue weighted by Gasteiger charge is 2.16. The van der Waals surface area contributed by atoms with E-state index in [-0.39, 0.29) is 12.0 Å². The van der Waals surface area contributed by atoms with E-state index in [2.05, 4.69) is 33.7 Å². The second kappa shape index (κ2) is 7.94. The molecule has 0 amide bonds. The molecular formula is C13H24N6O2. The Hall–Kier alpha value is -1.67. The number of rotatable bonds is 7. The Kier molecular flexibility index (Phi) is 5.94. The largest absolute Gasteiger partial charge is 0.462 e. The molecule has 2 rings (SSSR count). The topological polar surface area (TPSA) is 89.6 Å². The Labute approximate surface area is 125 Å². The molecule has 1 aromatic heterocycles. The number of nitrogen functional groups attached to an aromatic ring is 1. The molecule has 1 saturated heterocycles. The molecule has 1 aliphatic heterocycles. The van der Waals surface area contributed by atoms with Gasteiger partial charge in [-0.2, -0.15) is 15.0 Å². The average molecular weight is 296 g/mol. The molecule has 21 heavy (non-hydrogen) atoms. The fourth-order valence-electron chi connectivity index (χ4n) is 2.14. The lowest BCUT2D eigenvalue weighted by Gasteiger charge is -2.26. The van der Waals surface area contributed by atoms with E-state index in [9.17, 15) is 0 Å². The summed E-state index contributed by atoms with van der Waals surface area (Å²) in [7, 11) is 0. The molecule has 0 saturated carbocycles. The van der Waals surface area contributed by atoms with Gasteiger partial charge in [0.2, 0.25) is 11.9 Å². The van der Waals surface area contributed by atoms with E-state index >= 15 is 0 Å². The van der Waals surface area contributed by atoms with E-state index in [1.165, 1.54) is 0 Å². The molecule has 0 aromatic carbocycles. The number of nitrogens with two attached hydrogens (primary N) is 1. The SMILES string of the molecule is CCN(CC)CCOc1nc(N)nc(N2CCOCC2)n1. The minimum absolute atomic E-state index is 0.185. The fraction of sp³-hybridized carbons (Fsp3) is 0.769. The smallest absolute Gasteiger partial charge is 0.323 e.